The van der Waals surface area contributed by atoms with Gasteiger partial charge in [-0.2, -0.15) is 0 Å². The molecule has 1 aliphatic rings. The van der Waals surface area contributed by atoms with Crippen molar-refractivity contribution in [2.24, 2.45) is 0 Å². The highest BCUT2D eigenvalue weighted by molar-refractivity contribution is 6.51. The van der Waals surface area contributed by atoms with Crippen molar-refractivity contribution in [1.82, 2.24) is 10.1 Å². The van der Waals surface area contributed by atoms with E-state index in [0.717, 1.165) is 0 Å². The van der Waals surface area contributed by atoms with Gasteiger partial charge in [0.25, 0.3) is 5.78 Å². The Morgan fingerprint density at radius 2 is 1.83 bits per heavy atom. The number of amides is 1. The number of ketones is 1. The maximum Gasteiger partial charge on any atom is 0.301 e. The van der Waals surface area contributed by atoms with Gasteiger partial charge in [-0.15, -0.1) is 0 Å². The van der Waals surface area contributed by atoms with Crippen LogP contribution in [0.5, 0.6) is 5.75 Å². The fraction of sp³-hybridized carbons (Fsp3) is 0.143. The molecule has 1 atom stereocenters. The van der Waals surface area contributed by atoms with Crippen LogP contribution in [0, 0.1) is 6.92 Å². The fourth-order valence-electron chi connectivity index (χ4n) is 3.30. The van der Waals surface area contributed by atoms with Gasteiger partial charge in [0, 0.05) is 24.0 Å². The van der Waals surface area contributed by atoms with Gasteiger partial charge in [-0.3, -0.25) is 19.5 Å². The van der Waals surface area contributed by atoms with Gasteiger partial charge < -0.3 is 14.4 Å². The van der Waals surface area contributed by atoms with Gasteiger partial charge in [0.15, 0.2) is 5.82 Å². The largest absolute Gasteiger partial charge is 0.507 e. The first kappa shape index (κ1) is 18.4. The van der Waals surface area contributed by atoms with Gasteiger partial charge in [-0.25, -0.2) is 0 Å². The van der Waals surface area contributed by atoms with Crippen molar-refractivity contribution < 1.29 is 24.0 Å². The van der Waals surface area contributed by atoms with E-state index in [1.54, 1.807) is 61.8 Å². The molecule has 1 fully saturated rings. The number of Topliss-reactive ketones (excluding diaryl/α,β-unsaturated/α-hetero) is 1. The van der Waals surface area contributed by atoms with Gasteiger partial charge >= 0.3 is 5.91 Å². The number of aliphatic hydroxyl groups is 1. The van der Waals surface area contributed by atoms with E-state index in [1.165, 1.54) is 12.0 Å². The molecule has 3 heterocycles. The van der Waals surface area contributed by atoms with E-state index in [0.29, 0.717) is 22.6 Å². The lowest BCUT2D eigenvalue weighted by Crippen LogP contribution is -2.29. The molecule has 0 unspecified atom stereocenters. The summed E-state index contributed by atoms with van der Waals surface area (Å²) in [6.07, 6.45) is 3.10. The molecule has 1 saturated heterocycles. The Hall–Kier alpha value is -3.94. The average molecular weight is 391 g/mol. The number of aromatic nitrogens is 2. The fourth-order valence-corrected chi connectivity index (χ4v) is 3.30. The third-order valence-electron chi connectivity index (χ3n) is 4.69. The number of rotatable bonds is 4. The first-order valence-electron chi connectivity index (χ1n) is 8.80. The molecule has 1 amide bonds. The quantitative estimate of drug-likeness (QED) is 0.414. The van der Waals surface area contributed by atoms with Crippen molar-refractivity contribution in [3.8, 4) is 5.75 Å². The van der Waals surface area contributed by atoms with Gasteiger partial charge in [-0.05, 0) is 48.9 Å². The zero-order valence-electron chi connectivity index (χ0n) is 15.7. The number of nitrogens with zero attached hydrogens (tertiary/aromatic N) is 3. The van der Waals surface area contributed by atoms with Crippen molar-refractivity contribution in [3.63, 3.8) is 0 Å². The molecule has 146 valence electrons. The van der Waals surface area contributed by atoms with Crippen molar-refractivity contribution in [3.05, 3.63) is 77.3 Å². The summed E-state index contributed by atoms with van der Waals surface area (Å²) < 4.78 is 10.2. The zero-order valence-corrected chi connectivity index (χ0v) is 15.7. The average Bonchev–Trinajstić information content (AvgIpc) is 3.29. The first-order chi connectivity index (χ1) is 14.0. The summed E-state index contributed by atoms with van der Waals surface area (Å²) in [6.45, 7) is 1.69. The highest BCUT2D eigenvalue weighted by atomic mass is 16.5. The second kappa shape index (κ2) is 7.23. The van der Waals surface area contributed by atoms with Crippen LogP contribution in [0.2, 0.25) is 0 Å². The summed E-state index contributed by atoms with van der Waals surface area (Å²) in [6, 6.07) is 10.6. The molecule has 0 aliphatic carbocycles. The van der Waals surface area contributed by atoms with Gasteiger partial charge in [0.05, 0.1) is 18.7 Å². The molecule has 3 aromatic rings. The number of anilines is 1. The minimum Gasteiger partial charge on any atom is -0.507 e. The highest BCUT2D eigenvalue weighted by Crippen LogP contribution is 2.41. The second-order valence-electron chi connectivity index (χ2n) is 6.47. The van der Waals surface area contributed by atoms with Crippen LogP contribution in [0.1, 0.15) is 22.9 Å². The van der Waals surface area contributed by atoms with E-state index in [-0.39, 0.29) is 17.2 Å². The van der Waals surface area contributed by atoms with Crippen LogP contribution in [0.4, 0.5) is 5.82 Å². The molecule has 0 spiro atoms. The maximum absolute atomic E-state index is 12.9. The molecule has 1 N–H and O–H groups in total. The van der Waals surface area contributed by atoms with Crippen LogP contribution < -0.4 is 9.64 Å². The maximum atomic E-state index is 12.9. The molecule has 8 heteroatoms. The summed E-state index contributed by atoms with van der Waals surface area (Å²) in [7, 11) is 1.53. The van der Waals surface area contributed by atoms with Crippen LogP contribution in [0.25, 0.3) is 5.76 Å². The second-order valence-corrected chi connectivity index (χ2v) is 6.47. The van der Waals surface area contributed by atoms with Crippen LogP contribution in [0.15, 0.2) is 65.0 Å². The van der Waals surface area contributed by atoms with Crippen molar-refractivity contribution in [1.29, 1.82) is 0 Å². The molecule has 2 aromatic heterocycles. The normalized spacial score (nSPS) is 18.3. The summed E-state index contributed by atoms with van der Waals surface area (Å²) in [5, 5.41) is 14.8. The summed E-state index contributed by atoms with van der Waals surface area (Å²) in [5.74, 6) is -0.594. The monoisotopic (exact) mass is 391 g/mol. The minimum absolute atomic E-state index is 0.0352. The predicted molar refractivity (Wildman–Crippen MR) is 103 cm³/mol. The molecule has 0 radical (unpaired) electrons. The molecule has 1 aromatic carbocycles. The standard InChI is InChI=1S/C21H17N3O5/c1-12-11-16(23-29-12)24-18(13-7-9-22-10-8-13)17(20(26)21(24)27)19(25)14-3-5-15(28-2)6-4-14/h3-11,18,25H,1-2H3/b19-17+/t18-/m0/s1. The van der Waals surface area contributed by atoms with E-state index < -0.39 is 17.7 Å². The summed E-state index contributed by atoms with van der Waals surface area (Å²) >= 11 is 0. The molecule has 8 nitrogen and oxygen atoms in total. The molecule has 0 saturated carbocycles. The zero-order chi connectivity index (χ0) is 20.5. The van der Waals surface area contributed by atoms with Crippen molar-refractivity contribution in [2.75, 3.05) is 12.0 Å². The topological polar surface area (TPSA) is 106 Å². The molecule has 29 heavy (non-hydrogen) atoms. The van der Waals surface area contributed by atoms with Gasteiger partial charge in [0.2, 0.25) is 0 Å². The Bertz CT molecular complexity index is 1100. The molecule has 1 aliphatic heterocycles. The Balaban J connectivity index is 1.90. The Morgan fingerprint density at radius 3 is 2.41 bits per heavy atom. The lowest BCUT2D eigenvalue weighted by Gasteiger charge is -2.22. The lowest BCUT2D eigenvalue weighted by molar-refractivity contribution is -0.132. The number of benzene rings is 1. The van der Waals surface area contributed by atoms with E-state index in [1.807, 2.05) is 0 Å². The highest BCUT2D eigenvalue weighted by Gasteiger charge is 2.48. The van der Waals surface area contributed by atoms with Gasteiger partial charge in [0.1, 0.15) is 17.3 Å². The van der Waals surface area contributed by atoms with Crippen molar-refractivity contribution >= 4 is 23.3 Å². The van der Waals surface area contributed by atoms with Crippen LogP contribution >= 0.6 is 0 Å². The number of hydrogen-bond acceptors (Lipinski definition) is 7. The van der Waals surface area contributed by atoms with Crippen molar-refractivity contribution in [2.45, 2.75) is 13.0 Å². The number of aliphatic hydroxyl groups excluding tert-OH is 1. The summed E-state index contributed by atoms with van der Waals surface area (Å²) in [5.41, 5.74) is 0.959. The minimum atomic E-state index is -0.871. The molecule has 4 rings (SSSR count). The number of hydrogen-bond donors (Lipinski definition) is 1. The molecular weight excluding hydrogens is 374 g/mol. The number of carbonyl (C=O) groups is 2. The molecular formula is C21H17N3O5. The third kappa shape index (κ3) is 3.14. The van der Waals surface area contributed by atoms with E-state index in [9.17, 15) is 14.7 Å². The van der Waals surface area contributed by atoms with Crippen LogP contribution in [-0.4, -0.2) is 34.0 Å². The first-order valence-corrected chi connectivity index (χ1v) is 8.80. The number of methoxy groups -OCH3 is 1. The van der Waals surface area contributed by atoms with Crippen LogP contribution in [0.3, 0.4) is 0 Å². The predicted octanol–water partition coefficient (Wildman–Crippen LogP) is 3.01. The van der Waals surface area contributed by atoms with E-state index >= 15 is 0 Å². The number of carbonyl (C=O) groups excluding carboxylic acids is 2. The third-order valence-corrected chi connectivity index (χ3v) is 4.69. The van der Waals surface area contributed by atoms with Crippen LogP contribution in [-0.2, 0) is 9.59 Å². The number of pyridine rings is 1. The Kier molecular flexibility index (Phi) is 4.59. The summed E-state index contributed by atoms with van der Waals surface area (Å²) in [4.78, 5) is 31.0. The Labute approximate surface area is 166 Å². The van der Waals surface area contributed by atoms with E-state index in [4.69, 9.17) is 9.26 Å². The number of ether oxygens (including phenoxy) is 1. The SMILES string of the molecule is COc1ccc(/C(O)=C2\C(=O)C(=O)N(c3cc(C)on3)[C@H]2c2ccncc2)cc1. The lowest BCUT2D eigenvalue weighted by atomic mass is 9.96. The Morgan fingerprint density at radius 1 is 1.14 bits per heavy atom. The smallest absolute Gasteiger partial charge is 0.301 e. The van der Waals surface area contributed by atoms with Gasteiger partial charge in [-0.1, -0.05) is 5.16 Å². The van der Waals surface area contributed by atoms with E-state index in [2.05, 4.69) is 10.1 Å². The number of aryl methyl sites for hydroxylation is 1. The molecule has 0 bridgehead atoms.